The van der Waals surface area contributed by atoms with E-state index in [1.165, 1.54) is 6.92 Å². The van der Waals surface area contributed by atoms with E-state index in [9.17, 15) is 9.59 Å². The average molecular weight is 257 g/mol. The topological polar surface area (TPSA) is 67.2 Å². The first-order valence-electron chi connectivity index (χ1n) is 6.33. The maximum absolute atomic E-state index is 11.9. The second-order valence-electron chi connectivity index (χ2n) is 4.74. The molecule has 19 heavy (non-hydrogen) atoms. The van der Waals surface area contributed by atoms with Gasteiger partial charge in [-0.25, -0.2) is 4.79 Å². The van der Waals surface area contributed by atoms with Gasteiger partial charge >= 0.3 is 5.97 Å². The van der Waals surface area contributed by atoms with Crippen molar-refractivity contribution in [3.05, 3.63) is 35.4 Å². The fourth-order valence-electron chi connectivity index (χ4n) is 2.26. The van der Waals surface area contributed by atoms with E-state index in [0.29, 0.717) is 11.1 Å². The summed E-state index contributed by atoms with van der Waals surface area (Å²) in [4.78, 5) is 23.1. The van der Waals surface area contributed by atoms with E-state index in [2.05, 4.69) is 6.07 Å². The minimum atomic E-state index is -0.428. The smallest absolute Gasteiger partial charge is 0.338 e. The third-order valence-electron chi connectivity index (χ3n) is 3.40. The van der Waals surface area contributed by atoms with Crippen LogP contribution in [0.1, 0.15) is 46.9 Å². The number of esters is 1. The number of Topliss-reactive ketones (excluding diaryl/α,β-unsaturated/α-hetero) is 1. The maximum atomic E-state index is 11.9. The molecule has 1 aromatic rings. The Morgan fingerprint density at radius 2 is 1.84 bits per heavy atom. The largest absolute Gasteiger partial charge is 0.457 e. The van der Waals surface area contributed by atoms with E-state index >= 15 is 0 Å². The molecule has 1 saturated carbocycles. The fourth-order valence-corrected chi connectivity index (χ4v) is 2.26. The summed E-state index contributed by atoms with van der Waals surface area (Å²) in [6.45, 7) is 1.48. The molecule has 0 heterocycles. The van der Waals surface area contributed by atoms with Crippen molar-refractivity contribution in [3.8, 4) is 6.07 Å². The molecule has 0 aliphatic heterocycles. The van der Waals surface area contributed by atoms with Crippen molar-refractivity contribution in [1.82, 2.24) is 0 Å². The molecule has 1 fully saturated rings. The van der Waals surface area contributed by atoms with Gasteiger partial charge in [0.1, 0.15) is 6.10 Å². The minimum absolute atomic E-state index is 0.0414. The number of hydrogen-bond acceptors (Lipinski definition) is 4. The average Bonchev–Trinajstić information content (AvgIpc) is 2.86. The number of benzene rings is 1. The second-order valence-corrected chi connectivity index (χ2v) is 4.74. The molecule has 0 saturated heterocycles. The zero-order chi connectivity index (χ0) is 13.8. The van der Waals surface area contributed by atoms with Gasteiger partial charge in [0.05, 0.1) is 17.6 Å². The number of carbonyl (C=O) groups excluding carboxylic acids is 2. The number of hydrogen-bond donors (Lipinski definition) is 0. The van der Waals surface area contributed by atoms with Crippen LogP contribution in [0, 0.1) is 17.2 Å². The van der Waals surface area contributed by atoms with Crippen molar-refractivity contribution in [2.75, 3.05) is 0 Å². The predicted octanol–water partition coefficient (Wildman–Crippen LogP) is 2.74. The Bertz CT molecular complexity index is 527. The lowest BCUT2D eigenvalue weighted by atomic mass is 10.1. The van der Waals surface area contributed by atoms with Crippen LogP contribution in [0.4, 0.5) is 0 Å². The predicted molar refractivity (Wildman–Crippen MR) is 68.6 cm³/mol. The molecular weight excluding hydrogens is 242 g/mol. The van der Waals surface area contributed by atoms with Gasteiger partial charge in [-0.3, -0.25) is 4.79 Å². The van der Waals surface area contributed by atoms with Crippen LogP contribution in [-0.2, 0) is 4.74 Å². The summed E-state index contributed by atoms with van der Waals surface area (Å²) in [5, 5.41) is 8.94. The highest BCUT2D eigenvalue weighted by molar-refractivity contribution is 5.96. The Labute approximate surface area is 112 Å². The normalized spacial score (nSPS) is 21.7. The van der Waals surface area contributed by atoms with Crippen LogP contribution in [0.3, 0.4) is 0 Å². The monoisotopic (exact) mass is 257 g/mol. The van der Waals surface area contributed by atoms with Crippen LogP contribution in [0.5, 0.6) is 0 Å². The summed E-state index contributed by atoms with van der Waals surface area (Å²) in [6, 6.07) is 8.54. The Morgan fingerprint density at radius 3 is 2.42 bits per heavy atom. The highest BCUT2D eigenvalue weighted by Gasteiger charge is 2.30. The highest BCUT2D eigenvalue weighted by atomic mass is 16.5. The molecule has 4 nitrogen and oxygen atoms in total. The number of rotatable bonds is 3. The summed E-state index contributed by atoms with van der Waals surface area (Å²) in [5.41, 5.74) is 0.973. The lowest BCUT2D eigenvalue weighted by molar-refractivity contribution is 0.0259. The molecule has 0 aromatic heterocycles. The van der Waals surface area contributed by atoms with Crippen molar-refractivity contribution in [2.45, 2.75) is 32.3 Å². The molecule has 0 amide bonds. The Hall–Kier alpha value is -2.15. The molecule has 0 bridgehead atoms. The number of ether oxygens (including phenoxy) is 1. The highest BCUT2D eigenvalue weighted by Crippen LogP contribution is 2.28. The SMILES string of the molecule is CC(=O)c1ccc(C(=O)O[C@H]2CCC[C@H]2C#N)cc1. The standard InChI is InChI=1S/C15H15NO3/c1-10(17)11-5-7-12(8-6-11)15(18)19-14-4-2-3-13(14)9-16/h5-8,13-14H,2-4H2,1H3/t13-,14-/m0/s1. The summed E-state index contributed by atoms with van der Waals surface area (Å²) in [6.07, 6.45) is 2.15. The van der Waals surface area contributed by atoms with E-state index in [1.807, 2.05) is 0 Å². The van der Waals surface area contributed by atoms with E-state index in [-0.39, 0.29) is 17.8 Å². The van der Waals surface area contributed by atoms with Gasteiger partial charge in [0, 0.05) is 5.56 Å². The number of ketones is 1. The summed E-state index contributed by atoms with van der Waals surface area (Å²) < 4.78 is 5.35. The lowest BCUT2D eigenvalue weighted by Gasteiger charge is -2.14. The van der Waals surface area contributed by atoms with E-state index in [1.54, 1.807) is 24.3 Å². The van der Waals surface area contributed by atoms with Gasteiger partial charge in [0.15, 0.2) is 5.78 Å². The van der Waals surface area contributed by atoms with Crippen LogP contribution >= 0.6 is 0 Å². The summed E-state index contributed by atoms with van der Waals surface area (Å²) in [5.74, 6) is -0.664. The molecule has 98 valence electrons. The molecule has 2 atom stereocenters. The van der Waals surface area contributed by atoms with Gasteiger partial charge in [-0.05, 0) is 38.3 Å². The van der Waals surface area contributed by atoms with Crippen LogP contribution in [0.25, 0.3) is 0 Å². The third-order valence-corrected chi connectivity index (χ3v) is 3.40. The Morgan fingerprint density at radius 1 is 1.21 bits per heavy atom. The molecule has 4 heteroatoms. The maximum Gasteiger partial charge on any atom is 0.338 e. The fraction of sp³-hybridized carbons (Fsp3) is 0.400. The van der Waals surface area contributed by atoms with Crippen molar-refractivity contribution in [1.29, 1.82) is 5.26 Å². The first kappa shape index (κ1) is 13.3. The van der Waals surface area contributed by atoms with Gasteiger partial charge in [0.2, 0.25) is 0 Å². The Kier molecular flexibility index (Phi) is 3.96. The molecule has 0 radical (unpaired) electrons. The number of nitriles is 1. The van der Waals surface area contributed by atoms with Crippen LogP contribution in [-0.4, -0.2) is 17.9 Å². The van der Waals surface area contributed by atoms with Gasteiger partial charge in [-0.2, -0.15) is 5.26 Å². The van der Waals surface area contributed by atoms with Gasteiger partial charge in [-0.15, -0.1) is 0 Å². The van der Waals surface area contributed by atoms with Crippen LogP contribution < -0.4 is 0 Å². The van der Waals surface area contributed by atoms with E-state index in [4.69, 9.17) is 10.00 Å². The lowest BCUT2D eigenvalue weighted by Crippen LogP contribution is -2.21. The number of carbonyl (C=O) groups is 2. The van der Waals surface area contributed by atoms with Crippen molar-refractivity contribution < 1.29 is 14.3 Å². The van der Waals surface area contributed by atoms with Crippen LogP contribution in [0.2, 0.25) is 0 Å². The summed E-state index contributed by atoms with van der Waals surface area (Å²) in [7, 11) is 0. The molecule has 0 N–H and O–H groups in total. The van der Waals surface area contributed by atoms with Gasteiger partial charge in [0.25, 0.3) is 0 Å². The molecule has 1 aliphatic rings. The quantitative estimate of drug-likeness (QED) is 0.616. The second kappa shape index (κ2) is 5.66. The number of nitrogens with zero attached hydrogens (tertiary/aromatic N) is 1. The van der Waals surface area contributed by atoms with Gasteiger partial charge in [-0.1, -0.05) is 12.1 Å². The molecule has 1 aliphatic carbocycles. The van der Waals surface area contributed by atoms with Crippen molar-refractivity contribution >= 4 is 11.8 Å². The van der Waals surface area contributed by atoms with E-state index in [0.717, 1.165) is 19.3 Å². The third kappa shape index (κ3) is 3.00. The summed E-state index contributed by atoms with van der Waals surface area (Å²) >= 11 is 0. The van der Waals surface area contributed by atoms with E-state index < -0.39 is 5.97 Å². The zero-order valence-electron chi connectivity index (χ0n) is 10.8. The molecule has 0 unspecified atom stereocenters. The molecular formula is C15H15NO3. The Balaban J connectivity index is 2.04. The first-order valence-corrected chi connectivity index (χ1v) is 6.33. The van der Waals surface area contributed by atoms with Gasteiger partial charge < -0.3 is 4.74 Å². The van der Waals surface area contributed by atoms with Crippen molar-refractivity contribution in [3.63, 3.8) is 0 Å². The first-order chi connectivity index (χ1) is 9.11. The zero-order valence-corrected chi connectivity index (χ0v) is 10.8. The molecule has 2 rings (SSSR count). The van der Waals surface area contributed by atoms with Crippen LogP contribution in [0.15, 0.2) is 24.3 Å². The minimum Gasteiger partial charge on any atom is -0.457 e. The molecule has 0 spiro atoms. The van der Waals surface area contributed by atoms with Crippen molar-refractivity contribution in [2.24, 2.45) is 5.92 Å². The molecule has 1 aromatic carbocycles.